The molecule has 0 aliphatic heterocycles. The van der Waals surface area contributed by atoms with Crippen molar-refractivity contribution in [3.05, 3.63) is 23.8 Å². The third-order valence-corrected chi connectivity index (χ3v) is 3.33. The van der Waals surface area contributed by atoms with Gasteiger partial charge in [0.2, 0.25) is 0 Å². The minimum Gasteiger partial charge on any atom is -0.497 e. The first-order valence-electron chi connectivity index (χ1n) is 6.46. The average molecular weight is 264 g/mol. The monoisotopic (exact) mass is 264 g/mol. The Hall–Kier alpha value is -1.71. The summed E-state index contributed by atoms with van der Waals surface area (Å²) in [5.41, 5.74) is 1.80. The molecular formula is C15H24N2O2. The smallest absolute Gasteiger partial charge is 0.319 e. The fourth-order valence-electron chi connectivity index (χ4n) is 1.47. The van der Waals surface area contributed by atoms with E-state index in [0.717, 1.165) is 17.0 Å². The fraction of sp³-hybridized carbons (Fsp3) is 0.533. The van der Waals surface area contributed by atoms with Crippen LogP contribution in [0.25, 0.3) is 0 Å². The number of methoxy groups -OCH3 is 1. The van der Waals surface area contributed by atoms with Crippen molar-refractivity contribution in [2.75, 3.05) is 12.4 Å². The largest absolute Gasteiger partial charge is 0.497 e. The van der Waals surface area contributed by atoms with E-state index in [2.05, 4.69) is 31.4 Å². The van der Waals surface area contributed by atoms with E-state index in [1.165, 1.54) is 0 Å². The number of hydrogen-bond donors (Lipinski definition) is 2. The molecule has 0 spiro atoms. The lowest BCUT2D eigenvalue weighted by atomic mass is 9.88. The maximum atomic E-state index is 11.9. The Bertz CT molecular complexity index is 450. The third-order valence-electron chi connectivity index (χ3n) is 3.33. The second-order valence-electron chi connectivity index (χ2n) is 5.87. The van der Waals surface area contributed by atoms with Crippen molar-refractivity contribution in [1.82, 2.24) is 5.32 Å². The lowest BCUT2D eigenvalue weighted by Gasteiger charge is -2.28. The molecule has 0 heterocycles. The topological polar surface area (TPSA) is 50.4 Å². The second-order valence-corrected chi connectivity index (χ2v) is 5.87. The first-order chi connectivity index (χ1) is 8.74. The summed E-state index contributed by atoms with van der Waals surface area (Å²) >= 11 is 0. The standard InChI is InChI=1S/C15H24N2O2/c1-10-9-12(19-6)7-8-13(10)17-14(18)16-11(2)15(3,4)5/h7-9,11H,1-6H3,(H2,16,17,18). The van der Waals surface area contributed by atoms with Crippen molar-refractivity contribution in [3.63, 3.8) is 0 Å². The highest BCUT2D eigenvalue weighted by atomic mass is 16.5. The van der Waals surface area contributed by atoms with Gasteiger partial charge in [-0.15, -0.1) is 0 Å². The molecule has 0 aliphatic carbocycles. The summed E-state index contributed by atoms with van der Waals surface area (Å²) in [6.07, 6.45) is 0. The fourth-order valence-corrected chi connectivity index (χ4v) is 1.47. The predicted molar refractivity (Wildman–Crippen MR) is 78.8 cm³/mol. The van der Waals surface area contributed by atoms with Gasteiger partial charge >= 0.3 is 6.03 Å². The summed E-state index contributed by atoms with van der Waals surface area (Å²) in [7, 11) is 1.62. The number of hydrogen-bond acceptors (Lipinski definition) is 2. The normalized spacial score (nSPS) is 12.7. The van der Waals surface area contributed by atoms with Crippen LogP contribution in [0.2, 0.25) is 0 Å². The molecule has 19 heavy (non-hydrogen) atoms. The van der Waals surface area contributed by atoms with E-state index in [-0.39, 0.29) is 17.5 Å². The van der Waals surface area contributed by atoms with Crippen molar-refractivity contribution in [1.29, 1.82) is 0 Å². The van der Waals surface area contributed by atoms with Crippen molar-refractivity contribution in [2.45, 2.75) is 40.7 Å². The first-order valence-corrected chi connectivity index (χ1v) is 6.46. The van der Waals surface area contributed by atoms with Gasteiger partial charge in [0.1, 0.15) is 5.75 Å². The molecule has 106 valence electrons. The van der Waals surface area contributed by atoms with Crippen LogP contribution in [0.3, 0.4) is 0 Å². The lowest BCUT2D eigenvalue weighted by molar-refractivity contribution is 0.233. The highest BCUT2D eigenvalue weighted by Gasteiger charge is 2.21. The number of amides is 2. The van der Waals surface area contributed by atoms with Crippen LogP contribution in [-0.4, -0.2) is 19.2 Å². The Morgan fingerprint density at radius 3 is 2.42 bits per heavy atom. The van der Waals surface area contributed by atoms with Gasteiger partial charge in [0.05, 0.1) is 7.11 Å². The number of benzene rings is 1. The van der Waals surface area contributed by atoms with Crippen LogP contribution in [0.5, 0.6) is 5.75 Å². The number of carbonyl (C=O) groups excluding carboxylic acids is 1. The molecule has 1 aromatic carbocycles. The van der Waals surface area contributed by atoms with Crippen LogP contribution in [-0.2, 0) is 0 Å². The third kappa shape index (κ3) is 4.47. The van der Waals surface area contributed by atoms with Crippen molar-refractivity contribution in [2.24, 2.45) is 5.41 Å². The van der Waals surface area contributed by atoms with Gasteiger partial charge in [-0.25, -0.2) is 4.79 Å². The van der Waals surface area contributed by atoms with Crippen LogP contribution >= 0.6 is 0 Å². The van der Waals surface area contributed by atoms with Crippen molar-refractivity contribution in [3.8, 4) is 5.75 Å². The number of rotatable bonds is 3. The number of ether oxygens (including phenoxy) is 1. The van der Waals surface area contributed by atoms with Crippen molar-refractivity contribution >= 4 is 11.7 Å². The number of aryl methyl sites for hydroxylation is 1. The molecule has 0 aliphatic rings. The summed E-state index contributed by atoms with van der Waals surface area (Å²) in [6, 6.07) is 5.47. The summed E-state index contributed by atoms with van der Waals surface area (Å²) in [4.78, 5) is 11.9. The Labute approximate surface area is 115 Å². The minimum absolute atomic E-state index is 0.0340. The zero-order valence-electron chi connectivity index (χ0n) is 12.6. The van der Waals surface area contributed by atoms with Crippen LogP contribution in [0.4, 0.5) is 10.5 Å². The number of carbonyl (C=O) groups is 1. The van der Waals surface area contributed by atoms with E-state index in [4.69, 9.17) is 4.74 Å². The van der Waals surface area contributed by atoms with Gasteiger partial charge in [0.15, 0.2) is 0 Å². The molecule has 1 unspecified atom stereocenters. The van der Waals surface area contributed by atoms with Gasteiger partial charge in [0.25, 0.3) is 0 Å². The summed E-state index contributed by atoms with van der Waals surface area (Å²) < 4.78 is 5.14. The van der Waals surface area contributed by atoms with Gasteiger partial charge in [-0.1, -0.05) is 20.8 Å². The average Bonchev–Trinajstić information content (AvgIpc) is 2.30. The molecule has 1 atom stereocenters. The van der Waals surface area contributed by atoms with E-state index in [0.29, 0.717) is 0 Å². The van der Waals surface area contributed by atoms with Crippen LogP contribution in [0.15, 0.2) is 18.2 Å². The van der Waals surface area contributed by atoms with Gasteiger partial charge in [-0.2, -0.15) is 0 Å². The number of urea groups is 1. The van der Waals surface area contributed by atoms with Crippen LogP contribution in [0.1, 0.15) is 33.3 Å². The second kappa shape index (κ2) is 5.95. The molecule has 2 N–H and O–H groups in total. The molecule has 0 fully saturated rings. The quantitative estimate of drug-likeness (QED) is 0.877. The van der Waals surface area contributed by atoms with E-state index in [1.54, 1.807) is 7.11 Å². The molecule has 0 bridgehead atoms. The molecule has 2 amide bonds. The number of nitrogens with one attached hydrogen (secondary N) is 2. The molecule has 1 aromatic rings. The molecule has 0 aromatic heterocycles. The number of anilines is 1. The van der Waals surface area contributed by atoms with Crippen LogP contribution in [0, 0.1) is 12.3 Å². The minimum atomic E-state index is -0.185. The molecule has 1 rings (SSSR count). The zero-order chi connectivity index (χ0) is 14.6. The summed E-state index contributed by atoms with van der Waals surface area (Å²) in [5, 5.41) is 5.80. The van der Waals surface area contributed by atoms with E-state index in [9.17, 15) is 4.79 Å². The van der Waals surface area contributed by atoms with E-state index >= 15 is 0 Å². The van der Waals surface area contributed by atoms with Gasteiger partial charge in [-0.3, -0.25) is 0 Å². The molecule has 0 saturated carbocycles. The Morgan fingerprint density at radius 2 is 1.95 bits per heavy atom. The molecule has 0 radical (unpaired) electrons. The Kier molecular flexibility index (Phi) is 4.81. The molecule has 4 heteroatoms. The highest BCUT2D eigenvalue weighted by molar-refractivity contribution is 5.90. The summed E-state index contributed by atoms with van der Waals surface area (Å²) in [6.45, 7) is 10.2. The molecule has 0 saturated heterocycles. The SMILES string of the molecule is COc1ccc(NC(=O)NC(C)C(C)(C)C)c(C)c1. The van der Waals surface area contributed by atoms with Gasteiger partial charge in [0, 0.05) is 11.7 Å². The molecular weight excluding hydrogens is 240 g/mol. The first kappa shape index (κ1) is 15.3. The van der Waals surface area contributed by atoms with E-state index < -0.39 is 0 Å². The van der Waals surface area contributed by atoms with Crippen molar-refractivity contribution < 1.29 is 9.53 Å². The molecule has 4 nitrogen and oxygen atoms in total. The van der Waals surface area contributed by atoms with Crippen LogP contribution < -0.4 is 15.4 Å². The van der Waals surface area contributed by atoms with Gasteiger partial charge < -0.3 is 15.4 Å². The zero-order valence-corrected chi connectivity index (χ0v) is 12.6. The maximum Gasteiger partial charge on any atom is 0.319 e. The summed E-state index contributed by atoms with van der Waals surface area (Å²) in [5.74, 6) is 0.784. The highest BCUT2D eigenvalue weighted by Crippen LogP contribution is 2.22. The maximum absolute atomic E-state index is 11.9. The lowest BCUT2D eigenvalue weighted by Crippen LogP contribution is -2.43. The Balaban J connectivity index is 2.67. The Morgan fingerprint density at radius 1 is 1.32 bits per heavy atom. The van der Waals surface area contributed by atoms with Gasteiger partial charge in [-0.05, 0) is 43.0 Å². The van der Waals surface area contributed by atoms with E-state index in [1.807, 2.05) is 32.0 Å². The predicted octanol–water partition coefficient (Wildman–Crippen LogP) is 3.56.